The molecule has 0 aliphatic rings. The number of rotatable bonds is 5. The molecule has 0 saturated carbocycles. The molecule has 100 valence electrons. The van der Waals surface area contributed by atoms with Gasteiger partial charge in [0.2, 0.25) is 5.91 Å². The lowest BCUT2D eigenvalue weighted by Crippen LogP contribution is -2.36. The van der Waals surface area contributed by atoms with Gasteiger partial charge in [0.1, 0.15) is 0 Å². The van der Waals surface area contributed by atoms with Crippen LogP contribution in [-0.2, 0) is 4.79 Å². The molecule has 0 bridgehead atoms. The second-order valence-electron chi connectivity index (χ2n) is 4.21. The summed E-state index contributed by atoms with van der Waals surface area (Å²) in [5.41, 5.74) is 1.61. The third-order valence-corrected chi connectivity index (χ3v) is 2.82. The Morgan fingerprint density at radius 1 is 1.33 bits per heavy atom. The van der Waals surface area contributed by atoms with Gasteiger partial charge in [-0.2, -0.15) is 0 Å². The van der Waals surface area contributed by atoms with Crippen molar-refractivity contribution in [1.82, 2.24) is 15.3 Å². The maximum Gasteiger partial charge on any atom is 0.239 e. The van der Waals surface area contributed by atoms with Crippen molar-refractivity contribution >= 4 is 23.3 Å². The second kappa shape index (κ2) is 6.54. The first-order chi connectivity index (χ1) is 8.45. The highest BCUT2D eigenvalue weighted by atomic mass is 35.5. The van der Waals surface area contributed by atoms with Gasteiger partial charge in [0.15, 0.2) is 11.0 Å². The van der Waals surface area contributed by atoms with Crippen LogP contribution in [-0.4, -0.2) is 36.0 Å². The number of nitrogens with zero attached hydrogens (tertiary/aromatic N) is 3. The lowest BCUT2D eigenvalue weighted by molar-refractivity contribution is -0.119. The van der Waals surface area contributed by atoms with E-state index in [2.05, 4.69) is 15.3 Å². The van der Waals surface area contributed by atoms with E-state index >= 15 is 0 Å². The van der Waals surface area contributed by atoms with Crippen molar-refractivity contribution in [1.29, 1.82) is 0 Å². The highest BCUT2D eigenvalue weighted by Gasteiger charge is 2.14. The van der Waals surface area contributed by atoms with Crippen molar-refractivity contribution in [3.63, 3.8) is 0 Å². The lowest BCUT2D eigenvalue weighted by atomic mass is 10.3. The SMILES string of the molecule is CCCNC(=O)CN(C)c1nc(C)c(C)nc1Cl. The zero-order valence-electron chi connectivity index (χ0n) is 11.2. The maximum absolute atomic E-state index is 11.6. The molecule has 5 nitrogen and oxygen atoms in total. The lowest BCUT2D eigenvalue weighted by Gasteiger charge is -2.19. The van der Waals surface area contributed by atoms with Gasteiger partial charge in [-0.25, -0.2) is 9.97 Å². The molecule has 0 unspecified atom stereocenters. The van der Waals surface area contributed by atoms with Crippen molar-refractivity contribution in [2.45, 2.75) is 27.2 Å². The zero-order chi connectivity index (χ0) is 13.7. The van der Waals surface area contributed by atoms with Gasteiger partial charge in [-0.15, -0.1) is 0 Å². The Hall–Kier alpha value is -1.36. The Kier molecular flexibility index (Phi) is 5.34. The smallest absolute Gasteiger partial charge is 0.239 e. The van der Waals surface area contributed by atoms with Gasteiger partial charge in [0.25, 0.3) is 0 Å². The number of anilines is 1. The van der Waals surface area contributed by atoms with Gasteiger partial charge in [0, 0.05) is 13.6 Å². The van der Waals surface area contributed by atoms with Crippen molar-refractivity contribution in [2.75, 3.05) is 25.0 Å². The molecule has 0 radical (unpaired) electrons. The molecule has 0 fully saturated rings. The molecule has 18 heavy (non-hydrogen) atoms. The van der Waals surface area contributed by atoms with Crippen LogP contribution in [0.5, 0.6) is 0 Å². The Balaban J connectivity index is 2.75. The first-order valence-electron chi connectivity index (χ1n) is 5.94. The highest BCUT2D eigenvalue weighted by Crippen LogP contribution is 2.21. The van der Waals surface area contributed by atoms with Crippen LogP contribution in [0.25, 0.3) is 0 Å². The topological polar surface area (TPSA) is 58.1 Å². The molecule has 0 aromatic carbocycles. The molecule has 1 aromatic heterocycles. The first-order valence-corrected chi connectivity index (χ1v) is 6.32. The van der Waals surface area contributed by atoms with E-state index in [1.165, 1.54) is 0 Å². The van der Waals surface area contributed by atoms with Crippen LogP contribution >= 0.6 is 11.6 Å². The van der Waals surface area contributed by atoms with Crippen molar-refractivity contribution in [3.8, 4) is 0 Å². The summed E-state index contributed by atoms with van der Waals surface area (Å²) in [6, 6.07) is 0. The fraction of sp³-hybridized carbons (Fsp3) is 0.583. The summed E-state index contributed by atoms with van der Waals surface area (Å²) in [7, 11) is 1.77. The van der Waals surface area contributed by atoms with Crippen LogP contribution in [0.4, 0.5) is 5.82 Å². The molecule has 0 spiro atoms. The minimum atomic E-state index is -0.0459. The second-order valence-corrected chi connectivity index (χ2v) is 4.57. The minimum Gasteiger partial charge on any atom is -0.355 e. The Labute approximate surface area is 113 Å². The highest BCUT2D eigenvalue weighted by molar-refractivity contribution is 6.31. The molecule has 6 heteroatoms. The molecule has 1 N–H and O–H groups in total. The summed E-state index contributed by atoms with van der Waals surface area (Å²) in [4.78, 5) is 21.9. The summed E-state index contributed by atoms with van der Waals surface area (Å²) in [5.74, 6) is 0.488. The van der Waals surface area contributed by atoms with Gasteiger partial charge in [-0.3, -0.25) is 4.79 Å². The van der Waals surface area contributed by atoms with Gasteiger partial charge in [0.05, 0.1) is 17.9 Å². The number of hydrogen-bond donors (Lipinski definition) is 1. The normalized spacial score (nSPS) is 10.3. The first kappa shape index (κ1) is 14.7. The van der Waals surface area contributed by atoms with Crippen LogP contribution in [0.3, 0.4) is 0 Å². The molecule has 0 saturated heterocycles. The fourth-order valence-corrected chi connectivity index (χ4v) is 1.73. The van der Waals surface area contributed by atoms with Crippen LogP contribution in [0, 0.1) is 13.8 Å². The van der Waals surface area contributed by atoms with Crippen molar-refractivity contribution in [3.05, 3.63) is 16.5 Å². The largest absolute Gasteiger partial charge is 0.355 e. The predicted molar refractivity (Wildman–Crippen MR) is 73.1 cm³/mol. The average Bonchev–Trinajstić information content (AvgIpc) is 2.31. The maximum atomic E-state index is 11.6. The van der Waals surface area contributed by atoms with Crippen LogP contribution in [0.15, 0.2) is 0 Å². The average molecular weight is 271 g/mol. The van der Waals surface area contributed by atoms with E-state index in [4.69, 9.17) is 11.6 Å². The standard InChI is InChI=1S/C12H19ClN4O/c1-5-6-14-10(18)7-17(4)12-11(13)15-8(2)9(3)16-12/h5-7H2,1-4H3,(H,14,18). The third-order valence-electron chi connectivity index (χ3n) is 2.56. The van der Waals surface area contributed by atoms with E-state index in [0.29, 0.717) is 17.5 Å². The number of hydrogen-bond acceptors (Lipinski definition) is 4. The van der Waals surface area contributed by atoms with Crippen LogP contribution in [0.2, 0.25) is 5.15 Å². The summed E-state index contributed by atoms with van der Waals surface area (Å²) >= 11 is 6.04. The summed E-state index contributed by atoms with van der Waals surface area (Å²) in [6.07, 6.45) is 0.916. The van der Waals surface area contributed by atoms with E-state index in [1.54, 1.807) is 11.9 Å². The van der Waals surface area contributed by atoms with Gasteiger partial charge < -0.3 is 10.2 Å². The molecular weight excluding hydrogens is 252 g/mol. The number of nitrogens with one attached hydrogen (secondary N) is 1. The van der Waals surface area contributed by atoms with E-state index < -0.39 is 0 Å². The van der Waals surface area contributed by atoms with Crippen molar-refractivity contribution in [2.24, 2.45) is 0 Å². The summed E-state index contributed by atoms with van der Waals surface area (Å²) in [6.45, 7) is 6.63. The molecule has 1 aromatic rings. The Morgan fingerprint density at radius 2 is 1.94 bits per heavy atom. The minimum absolute atomic E-state index is 0.0459. The number of likely N-dealkylation sites (N-methyl/N-ethyl adjacent to an activating group) is 1. The molecule has 0 aliphatic carbocycles. The Bertz CT molecular complexity index is 436. The number of halogens is 1. The number of aromatic nitrogens is 2. The number of carbonyl (C=O) groups excluding carboxylic acids is 1. The summed E-state index contributed by atoms with van der Waals surface area (Å²) < 4.78 is 0. The Morgan fingerprint density at radius 3 is 2.56 bits per heavy atom. The molecule has 1 amide bonds. The molecule has 0 aliphatic heterocycles. The quantitative estimate of drug-likeness (QED) is 0.885. The van der Waals surface area contributed by atoms with Gasteiger partial charge >= 0.3 is 0 Å². The molecular formula is C12H19ClN4O. The molecule has 1 rings (SSSR count). The number of amides is 1. The third kappa shape index (κ3) is 3.84. The van der Waals surface area contributed by atoms with Crippen LogP contribution < -0.4 is 10.2 Å². The van der Waals surface area contributed by atoms with E-state index in [1.807, 2.05) is 20.8 Å². The number of aryl methyl sites for hydroxylation is 2. The van der Waals surface area contributed by atoms with E-state index in [-0.39, 0.29) is 12.5 Å². The van der Waals surface area contributed by atoms with Gasteiger partial charge in [-0.1, -0.05) is 18.5 Å². The monoisotopic (exact) mass is 270 g/mol. The van der Waals surface area contributed by atoms with Crippen molar-refractivity contribution < 1.29 is 4.79 Å². The van der Waals surface area contributed by atoms with Gasteiger partial charge in [-0.05, 0) is 20.3 Å². The number of carbonyl (C=O) groups is 1. The predicted octanol–water partition coefficient (Wildman–Crippen LogP) is 1.71. The summed E-state index contributed by atoms with van der Waals surface area (Å²) in [5, 5.41) is 3.13. The van der Waals surface area contributed by atoms with Crippen LogP contribution in [0.1, 0.15) is 24.7 Å². The molecule has 0 atom stereocenters. The van der Waals surface area contributed by atoms with E-state index in [0.717, 1.165) is 17.8 Å². The molecule has 1 heterocycles. The zero-order valence-corrected chi connectivity index (χ0v) is 12.0. The fourth-order valence-electron chi connectivity index (χ4n) is 1.42. The van der Waals surface area contributed by atoms with E-state index in [9.17, 15) is 4.79 Å².